The molecule has 30 heavy (non-hydrogen) atoms. The van der Waals surface area contributed by atoms with E-state index in [4.69, 9.17) is 16.3 Å². The van der Waals surface area contributed by atoms with Crippen molar-refractivity contribution in [3.05, 3.63) is 87.7 Å². The molecular formula is C26H23ClFNO. The van der Waals surface area contributed by atoms with Crippen molar-refractivity contribution in [1.82, 2.24) is 0 Å². The van der Waals surface area contributed by atoms with Crippen LogP contribution in [0.3, 0.4) is 0 Å². The van der Waals surface area contributed by atoms with E-state index in [2.05, 4.69) is 50.4 Å². The molecule has 3 aromatic rings. The highest BCUT2D eigenvalue weighted by Crippen LogP contribution is 2.51. The Morgan fingerprint density at radius 2 is 1.80 bits per heavy atom. The molecule has 0 aliphatic carbocycles. The summed E-state index contributed by atoms with van der Waals surface area (Å²) in [5.74, 6) is 0.417. The van der Waals surface area contributed by atoms with Crippen LogP contribution in [0.25, 0.3) is 16.7 Å². The molecule has 4 heteroatoms. The predicted molar refractivity (Wildman–Crippen MR) is 122 cm³/mol. The fraction of sp³-hybridized carbons (Fsp3) is 0.231. The highest BCUT2D eigenvalue weighted by molar-refractivity contribution is 6.31. The fourth-order valence-electron chi connectivity index (χ4n) is 4.72. The maximum atomic E-state index is 14.1. The topological polar surface area (TPSA) is 21.3 Å². The number of fused-ring (bicyclic) bond motifs is 5. The van der Waals surface area contributed by atoms with Gasteiger partial charge in [-0.2, -0.15) is 0 Å². The Bertz CT molecular complexity index is 1230. The standard InChI is InChI=1S/C26H23ClFNO/c1-14-11-16(5-8-20(14)27)25-24-18(19-12-17(28)6-10-22(19)30-25)7-9-21-23(24)15(2)13-26(3,4)29-21/h5-13,25,29H,1-4H3/t25-/m0/s1. The molecule has 3 aromatic carbocycles. The molecule has 0 aromatic heterocycles. The molecule has 0 unspecified atom stereocenters. The van der Waals surface area contributed by atoms with Gasteiger partial charge in [-0.25, -0.2) is 4.39 Å². The number of allylic oxidation sites excluding steroid dienone is 1. The molecule has 5 rings (SSSR count). The van der Waals surface area contributed by atoms with Gasteiger partial charge in [0, 0.05) is 27.4 Å². The van der Waals surface area contributed by atoms with E-state index in [1.807, 2.05) is 19.1 Å². The Kier molecular flexibility index (Phi) is 4.23. The van der Waals surface area contributed by atoms with Crippen molar-refractivity contribution in [1.29, 1.82) is 0 Å². The molecule has 152 valence electrons. The number of nitrogens with one attached hydrogen (secondary N) is 1. The summed E-state index contributed by atoms with van der Waals surface area (Å²) in [7, 11) is 0. The summed E-state index contributed by atoms with van der Waals surface area (Å²) in [6.07, 6.45) is 1.93. The van der Waals surface area contributed by atoms with Gasteiger partial charge in [0.05, 0.1) is 5.54 Å². The minimum Gasteiger partial charge on any atom is -0.480 e. The van der Waals surface area contributed by atoms with E-state index in [0.29, 0.717) is 5.75 Å². The predicted octanol–water partition coefficient (Wildman–Crippen LogP) is 7.54. The zero-order valence-electron chi connectivity index (χ0n) is 17.4. The van der Waals surface area contributed by atoms with Crippen molar-refractivity contribution >= 4 is 22.9 Å². The Morgan fingerprint density at radius 1 is 1.00 bits per heavy atom. The summed E-state index contributed by atoms with van der Waals surface area (Å²) in [6.45, 7) is 8.43. The van der Waals surface area contributed by atoms with Gasteiger partial charge in [-0.15, -0.1) is 0 Å². The van der Waals surface area contributed by atoms with Crippen molar-refractivity contribution in [2.24, 2.45) is 0 Å². The van der Waals surface area contributed by atoms with Gasteiger partial charge in [0.25, 0.3) is 0 Å². The second-order valence-electron chi connectivity index (χ2n) is 8.77. The molecule has 2 aliphatic heterocycles. The molecule has 0 saturated carbocycles. The zero-order valence-corrected chi connectivity index (χ0v) is 18.2. The molecule has 1 N–H and O–H groups in total. The SMILES string of the molecule is CC1=CC(C)(C)Nc2ccc3c(c21)[C@H](c1ccc(Cl)c(C)c1)Oc1ccc(F)cc1-3. The van der Waals surface area contributed by atoms with Crippen LogP contribution in [0.1, 0.15) is 49.1 Å². The first kappa shape index (κ1) is 19.2. The van der Waals surface area contributed by atoms with Gasteiger partial charge in [-0.1, -0.05) is 35.9 Å². The average molecular weight is 420 g/mol. The van der Waals surface area contributed by atoms with Crippen LogP contribution >= 0.6 is 11.6 Å². The number of benzene rings is 3. The molecule has 0 radical (unpaired) electrons. The molecule has 0 saturated heterocycles. The van der Waals surface area contributed by atoms with Crippen LogP contribution in [0.4, 0.5) is 10.1 Å². The molecular weight excluding hydrogens is 397 g/mol. The van der Waals surface area contributed by atoms with Crippen molar-refractivity contribution in [3.63, 3.8) is 0 Å². The lowest BCUT2D eigenvalue weighted by atomic mass is 9.80. The van der Waals surface area contributed by atoms with E-state index < -0.39 is 0 Å². The van der Waals surface area contributed by atoms with Gasteiger partial charge < -0.3 is 10.1 Å². The normalized spacial score (nSPS) is 18.3. The minimum absolute atomic E-state index is 0.142. The van der Waals surface area contributed by atoms with Gasteiger partial charge in [0.1, 0.15) is 11.6 Å². The number of ether oxygens (including phenoxy) is 1. The number of rotatable bonds is 1. The molecule has 0 bridgehead atoms. The average Bonchev–Trinajstić information content (AvgIpc) is 2.68. The molecule has 2 heterocycles. The maximum Gasteiger partial charge on any atom is 0.150 e. The number of hydrogen-bond donors (Lipinski definition) is 1. The smallest absolute Gasteiger partial charge is 0.150 e. The first-order chi connectivity index (χ1) is 14.2. The van der Waals surface area contributed by atoms with Crippen molar-refractivity contribution in [3.8, 4) is 16.9 Å². The number of anilines is 1. The molecule has 0 spiro atoms. The third-order valence-corrected chi connectivity index (χ3v) is 6.32. The van der Waals surface area contributed by atoms with E-state index in [1.54, 1.807) is 12.1 Å². The molecule has 1 atom stereocenters. The van der Waals surface area contributed by atoms with Crippen LogP contribution in [-0.4, -0.2) is 5.54 Å². The highest BCUT2D eigenvalue weighted by Gasteiger charge is 2.34. The van der Waals surface area contributed by atoms with Crippen molar-refractivity contribution in [2.75, 3.05) is 5.32 Å². The Morgan fingerprint density at radius 3 is 2.57 bits per heavy atom. The van der Waals surface area contributed by atoms with E-state index >= 15 is 0 Å². The van der Waals surface area contributed by atoms with Crippen LogP contribution in [0.5, 0.6) is 5.75 Å². The van der Waals surface area contributed by atoms with Crippen LogP contribution in [0.15, 0.2) is 54.6 Å². The summed E-state index contributed by atoms with van der Waals surface area (Å²) in [6, 6.07) is 14.9. The van der Waals surface area contributed by atoms with Gasteiger partial charge >= 0.3 is 0 Å². The first-order valence-electron chi connectivity index (χ1n) is 10.1. The lowest BCUT2D eigenvalue weighted by Crippen LogP contribution is -2.32. The van der Waals surface area contributed by atoms with Crippen molar-refractivity contribution < 1.29 is 9.13 Å². The molecule has 2 nitrogen and oxygen atoms in total. The van der Waals surface area contributed by atoms with E-state index in [-0.39, 0.29) is 17.5 Å². The van der Waals surface area contributed by atoms with E-state index in [1.165, 1.54) is 11.6 Å². The van der Waals surface area contributed by atoms with Crippen molar-refractivity contribution in [2.45, 2.75) is 39.3 Å². The second kappa shape index (κ2) is 6.61. The van der Waals surface area contributed by atoms with E-state index in [0.717, 1.165) is 44.1 Å². The largest absolute Gasteiger partial charge is 0.480 e. The van der Waals surface area contributed by atoms with Gasteiger partial charge in [-0.3, -0.25) is 0 Å². The molecule has 0 fully saturated rings. The van der Waals surface area contributed by atoms with Crippen LogP contribution in [0, 0.1) is 12.7 Å². The van der Waals surface area contributed by atoms with Gasteiger partial charge in [0.15, 0.2) is 6.10 Å². The first-order valence-corrected chi connectivity index (χ1v) is 10.5. The summed E-state index contributed by atoms with van der Waals surface area (Å²) >= 11 is 6.29. The van der Waals surface area contributed by atoms with Gasteiger partial charge in [-0.05, 0) is 80.3 Å². The molecule has 2 aliphatic rings. The summed E-state index contributed by atoms with van der Waals surface area (Å²) in [4.78, 5) is 0. The van der Waals surface area contributed by atoms with E-state index in [9.17, 15) is 4.39 Å². The van der Waals surface area contributed by atoms with Crippen LogP contribution in [-0.2, 0) is 0 Å². The second-order valence-corrected chi connectivity index (χ2v) is 9.18. The Balaban J connectivity index is 1.81. The number of hydrogen-bond acceptors (Lipinski definition) is 2. The highest BCUT2D eigenvalue weighted by atomic mass is 35.5. The Hall–Kier alpha value is -2.78. The zero-order chi connectivity index (χ0) is 21.2. The lowest BCUT2D eigenvalue weighted by Gasteiger charge is -2.37. The third kappa shape index (κ3) is 3.00. The van der Waals surface area contributed by atoms with Crippen LogP contribution < -0.4 is 10.1 Å². The summed E-state index contributed by atoms with van der Waals surface area (Å²) < 4.78 is 20.6. The number of halogens is 2. The van der Waals surface area contributed by atoms with Gasteiger partial charge in [0.2, 0.25) is 0 Å². The number of aryl methyl sites for hydroxylation is 1. The molecule has 0 amide bonds. The fourth-order valence-corrected chi connectivity index (χ4v) is 4.84. The quantitative estimate of drug-likeness (QED) is 0.439. The maximum absolute atomic E-state index is 14.1. The minimum atomic E-state index is -0.310. The summed E-state index contributed by atoms with van der Waals surface area (Å²) in [5, 5.41) is 4.35. The Labute approximate surface area is 181 Å². The summed E-state index contributed by atoms with van der Waals surface area (Å²) in [5.41, 5.74) is 8.11. The monoisotopic (exact) mass is 419 g/mol. The van der Waals surface area contributed by atoms with Crippen LogP contribution in [0.2, 0.25) is 5.02 Å². The third-order valence-electron chi connectivity index (χ3n) is 5.90. The lowest BCUT2D eigenvalue weighted by molar-refractivity contribution is 0.243.